The van der Waals surface area contributed by atoms with E-state index in [0.29, 0.717) is 0 Å². The van der Waals surface area contributed by atoms with E-state index in [1.807, 2.05) is 17.9 Å². The number of carbonyl (C=O) groups excluding carboxylic acids is 1. The summed E-state index contributed by atoms with van der Waals surface area (Å²) in [6.07, 6.45) is 2.15. The number of carbonyl (C=O) groups is 1. The van der Waals surface area contributed by atoms with Gasteiger partial charge in [-0.15, -0.1) is 0 Å². The van der Waals surface area contributed by atoms with Crippen LogP contribution in [0.3, 0.4) is 0 Å². The molecule has 1 aromatic carbocycles. The normalized spacial score (nSPS) is 18.2. The Labute approximate surface area is 122 Å². The number of halogens is 1. The molecule has 0 N–H and O–H groups in total. The van der Waals surface area contributed by atoms with Crippen molar-refractivity contribution < 1.29 is 13.7 Å². The molecule has 0 radical (unpaired) electrons. The molecule has 2 aromatic rings. The van der Waals surface area contributed by atoms with Crippen LogP contribution in [0.15, 0.2) is 34.9 Å². The van der Waals surface area contributed by atoms with Crippen LogP contribution in [0, 0.1) is 12.7 Å². The summed E-state index contributed by atoms with van der Waals surface area (Å²) in [7, 11) is 0. The van der Waals surface area contributed by atoms with Crippen LogP contribution in [0.1, 0.15) is 35.9 Å². The molecule has 0 bridgehead atoms. The molecule has 1 amide bonds. The lowest BCUT2D eigenvalue weighted by atomic mass is 10.1. The quantitative estimate of drug-likeness (QED) is 0.872. The number of aryl methyl sites for hydroxylation is 1. The predicted octanol–water partition coefficient (Wildman–Crippen LogP) is 3.03. The Morgan fingerprint density at radius 1 is 1.43 bits per heavy atom. The van der Waals surface area contributed by atoms with Gasteiger partial charge in [0.05, 0.1) is 12.5 Å². The molecule has 1 aliphatic rings. The zero-order valence-corrected chi connectivity index (χ0v) is 11.9. The first kappa shape index (κ1) is 13.8. The lowest BCUT2D eigenvalue weighted by molar-refractivity contribution is -0.131. The minimum absolute atomic E-state index is 0.00426. The van der Waals surface area contributed by atoms with E-state index in [4.69, 9.17) is 4.52 Å². The summed E-state index contributed by atoms with van der Waals surface area (Å²) < 4.78 is 18.0. The molecule has 0 spiro atoms. The van der Waals surface area contributed by atoms with E-state index in [2.05, 4.69) is 5.16 Å². The smallest absolute Gasteiger partial charge is 0.227 e. The van der Waals surface area contributed by atoms with Crippen LogP contribution >= 0.6 is 0 Å². The minimum atomic E-state index is -0.289. The number of nitrogens with zero attached hydrogens (tertiary/aromatic N) is 2. The Morgan fingerprint density at radius 2 is 2.19 bits per heavy atom. The predicted molar refractivity (Wildman–Crippen MR) is 75.0 cm³/mol. The highest BCUT2D eigenvalue weighted by Gasteiger charge is 2.31. The second-order valence-electron chi connectivity index (χ2n) is 5.41. The molecule has 0 aliphatic carbocycles. The molecule has 1 saturated heterocycles. The summed E-state index contributed by atoms with van der Waals surface area (Å²) >= 11 is 0. The monoisotopic (exact) mass is 288 g/mol. The molecule has 2 heterocycles. The summed E-state index contributed by atoms with van der Waals surface area (Å²) in [5, 5.41) is 4.03. The molecule has 4 nitrogen and oxygen atoms in total. The van der Waals surface area contributed by atoms with E-state index in [1.165, 1.54) is 12.1 Å². The summed E-state index contributed by atoms with van der Waals surface area (Å²) in [5.41, 5.74) is 1.64. The van der Waals surface area contributed by atoms with Crippen LogP contribution in [-0.2, 0) is 11.2 Å². The molecule has 110 valence electrons. The van der Waals surface area contributed by atoms with Crippen LogP contribution < -0.4 is 0 Å². The second-order valence-corrected chi connectivity index (χ2v) is 5.41. The Morgan fingerprint density at radius 3 is 2.86 bits per heavy atom. The van der Waals surface area contributed by atoms with E-state index in [0.717, 1.165) is 36.4 Å². The van der Waals surface area contributed by atoms with Gasteiger partial charge in [0, 0.05) is 12.6 Å². The van der Waals surface area contributed by atoms with Crippen molar-refractivity contribution in [1.29, 1.82) is 0 Å². The average Bonchev–Trinajstić information content (AvgIpc) is 3.09. The first-order chi connectivity index (χ1) is 10.1. The summed E-state index contributed by atoms with van der Waals surface area (Å²) in [4.78, 5) is 14.3. The molecule has 21 heavy (non-hydrogen) atoms. The van der Waals surface area contributed by atoms with Crippen molar-refractivity contribution in [2.24, 2.45) is 0 Å². The fraction of sp³-hybridized carbons (Fsp3) is 0.375. The van der Waals surface area contributed by atoms with Crippen molar-refractivity contribution in [2.45, 2.75) is 32.2 Å². The number of aromatic nitrogens is 1. The second kappa shape index (κ2) is 5.68. The minimum Gasteiger partial charge on any atom is -0.361 e. The van der Waals surface area contributed by atoms with E-state index in [1.54, 1.807) is 12.1 Å². The molecule has 1 aliphatic heterocycles. The maximum atomic E-state index is 12.9. The third-order valence-electron chi connectivity index (χ3n) is 3.83. The van der Waals surface area contributed by atoms with Gasteiger partial charge in [0.15, 0.2) is 0 Å². The van der Waals surface area contributed by atoms with E-state index < -0.39 is 0 Å². The van der Waals surface area contributed by atoms with Crippen molar-refractivity contribution in [1.82, 2.24) is 10.1 Å². The van der Waals surface area contributed by atoms with Gasteiger partial charge in [-0.1, -0.05) is 17.3 Å². The molecule has 0 unspecified atom stereocenters. The number of amides is 1. The largest absolute Gasteiger partial charge is 0.361 e. The number of rotatable bonds is 3. The summed E-state index contributed by atoms with van der Waals surface area (Å²) in [6, 6.07) is 7.94. The first-order valence-electron chi connectivity index (χ1n) is 7.10. The van der Waals surface area contributed by atoms with E-state index in [-0.39, 0.29) is 24.2 Å². The van der Waals surface area contributed by atoms with Crippen molar-refractivity contribution in [3.8, 4) is 0 Å². The zero-order chi connectivity index (χ0) is 14.8. The third-order valence-corrected chi connectivity index (χ3v) is 3.83. The van der Waals surface area contributed by atoms with Crippen molar-refractivity contribution >= 4 is 5.91 Å². The Hall–Kier alpha value is -2.17. The van der Waals surface area contributed by atoms with Gasteiger partial charge in [-0.3, -0.25) is 4.79 Å². The number of benzene rings is 1. The van der Waals surface area contributed by atoms with Gasteiger partial charge in [-0.2, -0.15) is 0 Å². The lowest BCUT2D eigenvalue weighted by Crippen LogP contribution is -2.32. The van der Waals surface area contributed by atoms with E-state index in [9.17, 15) is 9.18 Å². The number of hydrogen-bond acceptors (Lipinski definition) is 3. The standard InChI is InChI=1S/C16H17FN2O2/c1-11-9-14(18-21-11)15-3-2-8-19(15)16(20)10-12-4-6-13(17)7-5-12/h4-7,9,15H,2-3,8,10H2,1H3/t15-/m1/s1. The summed E-state index contributed by atoms with van der Waals surface area (Å²) in [5.74, 6) is 0.510. The highest BCUT2D eigenvalue weighted by atomic mass is 19.1. The maximum Gasteiger partial charge on any atom is 0.227 e. The average molecular weight is 288 g/mol. The fourth-order valence-electron chi connectivity index (χ4n) is 2.79. The van der Waals surface area contributed by atoms with Gasteiger partial charge in [0.2, 0.25) is 5.91 Å². The van der Waals surface area contributed by atoms with Crippen LogP contribution in [0.4, 0.5) is 4.39 Å². The van der Waals surface area contributed by atoms with Crippen molar-refractivity contribution in [3.63, 3.8) is 0 Å². The highest BCUT2D eigenvalue weighted by Crippen LogP contribution is 2.31. The Balaban J connectivity index is 1.72. The number of likely N-dealkylation sites (tertiary alicyclic amines) is 1. The fourth-order valence-corrected chi connectivity index (χ4v) is 2.79. The molecule has 1 fully saturated rings. The first-order valence-corrected chi connectivity index (χ1v) is 7.10. The molecule has 1 aromatic heterocycles. The van der Waals surface area contributed by atoms with Crippen LogP contribution in [0.5, 0.6) is 0 Å². The zero-order valence-electron chi connectivity index (χ0n) is 11.9. The van der Waals surface area contributed by atoms with E-state index >= 15 is 0 Å². The Kier molecular flexibility index (Phi) is 3.73. The lowest BCUT2D eigenvalue weighted by Gasteiger charge is -2.23. The molecular formula is C16H17FN2O2. The van der Waals surface area contributed by atoms with Gasteiger partial charge < -0.3 is 9.42 Å². The van der Waals surface area contributed by atoms with Gasteiger partial charge in [-0.25, -0.2) is 4.39 Å². The van der Waals surface area contributed by atoms with Crippen LogP contribution in [0.2, 0.25) is 0 Å². The maximum absolute atomic E-state index is 12.9. The van der Waals surface area contributed by atoms with Crippen molar-refractivity contribution in [2.75, 3.05) is 6.54 Å². The molecule has 3 rings (SSSR count). The topological polar surface area (TPSA) is 46.3 Å². The van der Waals surface area contributed by atoms with Crippen molar-refractivity contribution in [3.05, 3.63) is 53.2 Å². The molecular weight excluding hydrogens is 271 g/mol. The van der Waals surface area contributed by atoms with Crippen LogP contribution in [0.25, 0.3) is 0 Å². The SMILES string of the molecule is Cc1cc([C@H]2CCCN2C(=O)Cc2ccc(F)cc2)no1. The van der Waals surface area contributed by atoms with Gasteiger partial charge in [-0.05, 0) is 37.5 Å². The third kappa shape index (κ3) is 2.96. The van der Waals surface area contributed by atoms with Crippen LogP contribution in [-0.4, -0.2) is 22.5 Å². The Bertz CT molecular complexity index is 636. The van der Waals surface area contributed by atoms with Gasteiger partial charge in [0.1, 0.15) is 17.3 Å². The molecule has 5 heteroatoms. The van der Waals surface area contributed by atoms with Gasteiger partial charge >= 0.3 is 0 Å². The highest BCUT2D eigenvalue weighted by molar-refractivity contribution is 5.79. The summed E-state index contributed by atoms with van der Waals surface area (Å²) in [6.45, 7) is 2.58. The molecule has 1 atom stereocenters. The molecule has 0 saturated carbocycles. The van der Waals surface area contributed by atoms with Gasteiger partial charge in [0.25, 0.3) is 0 Å². The number of hydrogen-bond donors (Lipinski definition) is 0.